The molecule has 0 saturated carbocycles. The molecule has 0 spiro atoms. The minimum atomic E-state index is -0.580. The van der Waals surface area contributed by atoms with Crippen molar-refractivity contribution in [1.82, 2.24) is 0 Å². The molecule has 0 aliphatic heterocycles. The first-order valence-electron chi connectivity index (χ1n) is 4.00. The standard InChI is InChI=1S/C9H9N3O2/c1-6(11)7-2-3-9(12(13)14)8(4-7)5-10/h2-4,6H,11H2,1H3. The summed E-state index contributed by atoms with van der Waals surface area (Å²) in [4.78, 5) is 9.91. The lowest BCUT2D eigenvalue weighted by atomic mass is 10.1. The van der Waals surface area contributed by atoms with Crippen molar-refractivity contribution in [1.29, 1.82) is 5.26 Å². The van der Waals surface area contributed by atoms with Crippen LogP contribution in [-0.4, -0.2) is 4.92 Å². The molecule has 14 heavy (non-hydrogen) atoms. The van der Waals surface area contributed by atoms with Gasteiger partial charge in [0, 0.05) is 12.1 Å². The van der Waals surface area contributed by atoms with Crippen LogP contribution in [0.3, 0.4) is 0 Å². The van der Waals surface area contributed by atoms with Gasteiger partial charge in [0.05, 0.1) is 4.92 Å². The lowest BCUT2D eigenvalue weighted by molar-refractivity contribution is -0.385. The van der Waals surface area contributed by atoms with Gasteiger partial charge in [0.2, 0.25) is 0 Å². The van der Waals surface area contributed by atoms with E-state index in [1.807, 2.05) is 0 Å². The second kappa shape index (κ2) is 3.85. The Balaban J connectivity index is 3.27. The first-order valence-corrected chi connectivity index (χ1v) is 4.00. The van der Waals surface area contributed by atoms with Crippen molar-refractivity contribution in [3.05, 3.63) is 39.4 Å². The fraction of sp³-hybridized carbons (Fsp3) is 0.222. The van der Waals surface area contributed by atoms with Crippen LogP contribution in [0, 0.1) is 21.4 Å². The van der Waals surface area contributed by atoms with Gasteiger partial charge in [-0.2, -0.15) is 5.26 Å². The molecule has 5 heteroatoms. The van der Waals surface area contributed by atoms with Crippen LogP contribution >= 0.6 is 0 Å². The van der Waals surface area contributed by atoms with E-state index in [0.29, 0.717) is 5.56 Å². The van der Waals surface area contributed by atoms with Gasteiger partial charge in [0.25, 0.3) is 5.69 Å². The second-order valence-corrected chi connectivity index (χ2v) is 2.93. The number of rotatable bonds is 2. The van der Waals surface area contributed by atoms with E-state index in [9.17, 15) is 10.1 Å². The molecule has 0 aromatic heterocycles. The molecule has 0 fully saturated rings. The number of nitrogens with zero attached hydrogens (tertiary/aromatic N) is 2. The minimum Gasteiger partial charge on any atom is -0.324 e. The highest BCUT2D eigenvalue weighted by atomic mass is 16.6. The lowest BCUT2D eigenvalue weighted by Gasteiger charge is -2.04. The lowest BCUT2D eigenvalue weighted by Crippen LogP contribution is -2.05. The average molecular weight is 191 g/mol. The second-order valence-electron chi connectivity index (χ2n) is 2.93. The van der Waals surface area contributed by atoms with E-state index >= 15 is 0 Å². The molecule has 1 atom stereocenters. The molecule has 1 aromatic rings. The number of hydrogen-bond donors (Lipinski definition) is 1. The van der Waals surface area contributed by atoms with E-state index in [1.54, 1.807) is 19.1 Å². The van der Waals surface area contributed by atoms with Crippen molar-refractivity contribution in [3.63, 3.8) is 0 Å². The molecule has 72 valence electrons. The van der Waals surface area contributed by atoms with E-state index in [2.05, 4.69) is 0 Å². The summed E-state index contributed by atoms with van der Waals surface area (Å²) >= 11 is 0. The predicted molar refractivity (Wildman–Crippen MR) is 50.4 cm³/mol. The summed E-state index contributed by atoms with van der Waals surface area (Å²) in [6, 6.07) is 5.85. The number of nitriles is 1. The van der Waals surface area contributed by atoms with Crippen LogP contribution in [0.1, 0.15) is 24.1 Å². The molecule has 1 rings (SSSR count). The van der Waals surface area contributed by atoms with Gasteiger partial charge < -0.3 is 5.73 Å². The highest BCUT2D eigenvalue weighted by molar-refractivity contribution is 5.50. The molecule has 1 aromatic carbocycles. The smallest absolute Gasteiger partial charge is 0.287 e. The third kappa shape index (κ3) is 1.87. The number of benzene rings is 1. The van der Waals surface area contributed by atoms with E-state index in [1.165, 1.54) is 12.1 Å². The molecule has 2 N–H and O–H groups in total. The Morgan fingerprint density at radius 1 is 1.64 bits per heavy atom. The molecular weight excluding hydrogens is 182 g/mol. The van der Waals surface area contributed by atoms with Crippen molar-refractivity contribution >= 4 is 5.69 Å². The zero-order valence-electron chi connectivity index (χ0n) is 7.60. The van der Waals surface area contributed by atoms with Crippen molar-refractivity contribution in [3.8, 4) is 6.07 Å². The fourth-order valence-corrected chi connectivity index (χ4v) is 1.09. The maximum atomic E-state index is 10.5. The van der Waals surface area contributed by atoms with Crippen molar-refractivity contribution in [2.45, 2.75) is 13.0 Å². The van der Waals surface area contributed by atoms with Crippen molar-refractivity contribution < 1.29 is 4.92 Å². The van der Waals surface area contributed by atoms with Gasteiger partial charge in [-0.1, -0.05) is 6.07 Å². The van der Waals surface area contributed by atoms with E-state index in [0.717, 1.165) is 0 Å². The van der Waals surface area contributed by atoms with Crippen LogP contribution in [0.2, 0.25) is 0 Å². The first-order chi connectivity index (χ1) is 6.56. The topological polar surface area (TPSA) is 92.9 Å². The van der Waals surface area contributed by atoms with E-state index in [4.69, 9.17) is 11.0 Å². The SMILES string of the molecule is CC(N)c1ccc([N+](=O)[O-])c(C#N)c1. The Labute approximate surface area is 80.9 Å². The minimum absolute atomic E-state index is 0.0461. The number of nitrogens with two attached hydrogens (primary N) is 1. The van der Waals surface area contributed by atoms with E-state index in [-0.39, 0.29) is 17.3 Å². The Morgan fingerprint density at radius 2 is 2.29 bits per heavy atom. The van der Waals surface area contributed by atoms with Crippen LogP contribution < -0.4 is 5.73 Å². The summed E-state index contributed by atoms with van der Waals surface area (Å²) in [7, 11) is 0. The Morgan fingerprint density at radius 3 is 2.71 bits per heavy atom. The molecule has 0 saturated heterocycles. The van der Waals surface area contributed by atoms with Gasteiger partial charge in [0.15, 0.2) is 0 Å². The van der Waals surface area contributed by atoms with Crippen molar-refractivity contribution in [2.24, 2.45) is 5.73 Å². The summed E-state index contributed by atoms with van der Waals surface area (Å²) in [5.41, 5.74) is 6.16. The highest BCUT2D eigenvalue weighted by Crippen LogP contribution is 2.21. The maximum Gasteiger partial charge on any atom is 0.287 e. The fourth-order valence-electron chi connectivity index (χ4n) is 1.09. The van der Waals surface area contributed by atoms with Crippen LogP contribution in [0.4, 0.5) is 5.69 Å². The molecule has 0 amide bonds. The molecule has 0 aliphatic carbocycles. The zero-order chi connectivity index (χ0) is 10.7. The first kappa shape index (κ1) is 10.2. The Kier molecular flexibility index (Phi) is 2.79. The van der Waals surface area contributed by atoms with Gasteiger partial charge >= 0.3 is 0 Å². The summed E-state index contributed by atoms with van der Waals surface area (Å²) in [6.45, 7) is 1.75. The van der Waals surface area contributed by atoms with Gasteiger partial charge in [-0.25, -0.2) is 0 Å². The Hall–Kier alpha value is -1.93. The summed E-state index contributed by atoms with van der Waals surface area (Å²) in [5.74, 6) is 0. The summed E-state index contributed by atoms with van der Waals surface area (Å²) in [6.07, 6.45) is 0. The number of nitro benzene ring substituents is 1. The quantitative estimate of drug-likeness (QED) is 0.566. The summed E-state index contributed by atoms with van der Waals surface area (Å²) < 4.78 is 0. The van der Waals surface area contributed by atoms with Crippen molar-refractivity contribution in [2.75, 3.05) is 0 Å². The molecule has 5 nitrogen and oxygen atoms in total. The van der Waals surface area contributed by atoms with Gasteiger partial charge in [-0.15, -0.1) is 0 Å². The normalized spacial score (nSPS) is 11.8. The number of nitro groups is 1. The molecule has 0 aliphatic rings. The molecular formula is C9H9N3O2. The Bertz CT molecular complexity index is 407. The predicted octanol–water partition coefficient (Wildman–Crippen LogP) is 1.49. The average Bonchev–Trinajstić information content (AvgIpc) is 2.16. The highest BCUT2D eigenvalue weighted by Gasteiger charge is 2.14. The third-order valence-electron chi connectivity index (χ3n) is 1.86. The number of hydrogen-bond acceptors (Lipinski definition) is 4. The molecule has 0 radical (unpaired) electrons. The third-order valence-corrected chi connectivity index (χ3v) is 1.86. The van der Waals surface area contributed by atoms with Crippen LogP contribution in [0.5, 0.6) is 0 Å². The zero-order valence-corrected chi connectivity index (χ0v) is 7.60. The van der Waals surface area contributed by atoms with Gasteiger partial charge in [-0.3, -0.25) is 10.1 Å². The largest absolute Gasteiger partial charge is 0.324 e. The monoisotopic (exact) mass is 191 g/mol. The van der Waals surface area contributed by atoms with Gasteiger partial charge in [-0.05, 0) is 18.6 Å². The van der Waals surface area contributed by atoms with Gasteiger partial charge in [0.1, 0.15) is 11.6 Å². The van der Waals surface area contributed by atoms with Crippen LogP contribution in [0.25, 0.3) is 0 Å². The van der Waals surface area contributed by atoms with Crippen LogP contribution in [-0.2, 0) is 0 Å². The summed E-state index contributed by atoms with van der Waals surface area (Å²) in [5, 5.41) is 19.2. The molecule has 0 heterocycles. The maximum absolute atomic E-state index is 10.5. The van der Waals surface area contributed by atoms with E-state index < -0.39 is 4.92 Å². The van der Waals surface area contributed by atoms with Crippen LogP contribution in [0.15, 0.2) is 18.2 Å². The molecule has 1 unspecified atom stereocenters. The molecule has 0 bridgehead atoms.